The highest BCUT2D eigenvalue weighted by atomic mass is 32.2. The molecular weight excluding hydrogens is 276 g/mol. The summed E-state index contributed by atoms with van der Waals surface area (Å²) in [6, 6.07) is 3.02. The Morgan fingerprint density at radius 3 is 2.80 bits per heavy atom. The van der Waals surface area contributed by atoms with E-state index in [0.29, 0.717) is 0 Å². The van der Waals surface area contributed by atoms with Gasteiger partial charge in [0.15, 0.2) is 5.82 Å². The van der Waals surface area contributed by atoms with Crippen LogP contribution in [0.5, 0.6) is 0 Å². The summed E-state index contributed by atoms with van der Waals surface area (Å²) in [5.74, 6) is 5.49. The lowest BCUT2D eigenvalue weighted by Crippen LogP contribution is -2.46. The summed E-state index contributed by atoms with van der Waals surface area (Å²) < 4.78 is 27.9. The molecule has 4 N–H and O–H groups in total. The van der Waals surface area contributed by atoms with Crippen molar-refractivity contribution in [1.29, 1.82) is 0 Å². The van der Waals surface area contributed by atoms with Crippen molar-refractivity contribution in [3.8, 4) is 0 Å². The highest BCUT2D eigenvalue weighted by Gasteiger charge is 2.35. The van der Waals surface area contributed by atoms with Crippen LogP contribution in [0.2, 0.25) is 0 Å². The fourth-order valence-corrected chi connectivity index (χ4v) is 4.24. The Balaban J connectivity index is 2.27. The minimum Gasteiger partial charge on any atom is -0.307 e. The molecule has 1 heterocycles. The first kappa shape index (κ1) is 15.2. The second-order valence-electron chi connectivity index (χ2n) is 5.90. The van der Waals surface area contributed by atoms with Gasteiger partial charge >= 0.3 is 0 Å². The molecule has 1 unspecified atom stereocenters. The molecule has 0 amide bonds. The number of hydrogen-bond donors (Lipinski definition) is 3. The van der Waals surface area contributed by atoms with Crippen molar-refractivity contribution >= 4 is 15.8 Å². The third-order valence-electron chi connectivity index (χ3n) is 4.00. The maximum Gasteiger partial charge on any atom is 0.244 e. The average Bonchev–Trinajstić information content (AvgIpc) is 2.41. The van der Waals surface area contributed by atoms with Gasteiger partial charge in [0.2, 0.25) is 10.0 Å². The van der Waals surface area contributed by atoms with E-state index in [1.54, 1.807) is 6.07 Å². The number of sulfonamides is 1. The number of anilines is 1. The van der Waals surface area contributed by atoms with Crippen LogP contribution < -0.4 is 16.0 Å². The van der Waals surface area contributed by atoms with Crippen molar-refractivity contribution in [1.82, 2.24) is 9.71 Å². The highest BCUT2D eigenvalue weighted by molar-refractivity contribution is 7.89. The smallest absolute Gasteiger partial charge is 0.244 e. The molecule has 1 fully saturated rings. The predicted octanol–water partition coefficient (Wildman–Crippen LogP) is 1.61. The number of rotatable bonds is 4. The number of aromatic nitrogens is 1. The van der Waals surface area contributed by atoms with Crippen molar-refractivity contribution < 1.29 is 8.42 Å². The molecule has 1 aliphatic carbocycles. The molecule has 0 bridgehead atoms. The van der Waals surface area contributed by atoms with E-state index in [0.717, 1.165) is 25.7 Å². The van der Waals surface area contributed by atoms with Crippen molar-refractivity contribution in [2.24, 2.45) is 11.3 Å². The van der Waals surface area contributed by atoms with Crippen molar-refractivity contribution in [2.75, 3.05) is 5.43 Å². The topological polar surface area (TPSA) is 97.1 Å². The van der Waals surface area contributed by atoms with Crippen LogP contribution in [-0.2, 0) is 10.0 Å². The monoisotopic (exact) mass is 298 g/mol. The molecule has 0 aromatic carbocycles. The Hall–Kier alpha value is -1.18. The number of nitrogens with zero attached hydrogens (tertiary/aromatic N) is 1. The summed E-state index contributed by atoms with van der Waals surface area (Å²) in [6.07, 6.45) is 5.57. The van der Waals surface area contributed by atoms with Gasteiger partial charge in [0.25, 0.3) is 0 Å². The Labute approximate surface area is 120 Å². The van der Waals surface area contributed by atoms with E-state index in [4.69, 9.17) is 5.84 Å². The molecule has 112 valence electrons. The van der Waals surface area contributed by atoms with E-state index in [1.807, 2.05) is 0 Å². The van der Waals surface area contributed by atoms with Crippen LogP contribution in [-0.4, -0.2) is 19.4 Å². The Morgan fingerprint density at radius 2 is 2.15 bits per heavy atom. The van der Waals surface area contributed by atoms with E-state index in [-0.39, 0.29) is 22.2 Å². The zero-order valence-electron chi connectivity index (χ0n) is 11.9. The van der Waals surface area contributed by atoms with Crippen LogP contribution >= 0.6 is 0 Å². The summed E-state index contributed by atoms with van der Waals surface area (Å²) in [5.41, 5.74) is 2.29. The van der Waals surface area contributed by atoms with E-state index in [2.05, 4.69) is 29.0 Å². The lowest BCUT2D eigenvalue weighted by atomic mass is 9.74. The summed E-state index contributed by atoms with van der Waals surface area (Å²) in [4.78, 5) is 4.02. The molecule has 1 aliphatic rings. The van der Waals surface area contributed by atoms with Crippen molar-refractivity contribution in [2.45, 2.75) is 50.5 Å². The molecule has 0 radical (unpaired) electrons. The molecule has 1 atom stereocenters. The molecule has 0 saturated heterocycles. The SMILES string of the molecule is CC1(C)CCCCC1NS(=O)(=O)c1cccnc1NN. The molecule has 1 aromatic heterocycles. The molecule has 20 heavy (non-hydrogen) atoms. The molecule has 0 aliphatic heterocycles. The molecule has 6 nitrogen and oxygen atoms in total. The van der Waals surface area contributed by atoms with Gasteiger partial charge in [0.1, 0.15) is 4.90 Å². The number of nitrogens with two attached hydrogens (primary N) is 1. The van der Waals surface area contributed by atoms with Gasteiger partial charge in [0.05, 0.1) is 0 Å². The van der Waals surface area contributed by atoms with Gasteiger partial charge in [-0.1, -0.05) is 26.7 Å². The average molecular weight is 298 g/mol. The maximum absolute atomic E-state index is 12.5. The molecular formula is C13H22N4O2S. The standard InChI is InChI=1S/C13H22N4O2S/c1-13(2)8-4-3-7-11(13)17-20(18,19)10-6-5-9-15-12(10)16-14/h5-6,9,11,17H,3-4,7-8,14H2,1-2H3,(H,15,16). The van der Waals surface area contributed by atoms with E-state index in [9.17, 15) is 8.42 Å². The zero-order chi connectivity index (χ0) is 14.8. The van der Waals surface area contributed by atoms with E-state index in [1.165, 1.54) is 12.3 Å². The van der Waals surface area contributed by atoms with Gasteiger partial charge in [-0.3, -0.25) is 0 Å². The summed E-state index contributed by atoms with van der Waals surface area (Å²) in [6.45, 7) is 4.20. The lowest BCUT2D eigenvalue weighted by molar-refractivity contribution is 0.188. The van der Waals surface area contributed by atoms with Gasteiger partial charge in [-0.2, -0.15) is 0 Å². The number of hydrazine groups is 1. The first-order valence-corrected chi connectivity index (χ1v) is 8.29. The molecule has 2 rings (SSSR count). The number of nitrogens with one attached hydrogen (secondary N) is 2. The lowest BCUT2D eigenvalue weighted by Gasteiger charge is -2.38. The van der Waals surface area contributed by atoms with Crippen molar-refractivity contribution in [3.05, 3.63) is 18.3 Å². The Bertz CT molecular complexity index is 571. The maximum atomic E-state index is 12.5. The van der Waals surface area contributed by atoms with Crippen LogP contribution in [0.3, 0.4) is 0 Å². The third-order valence-corrected chi connectivity index (χ3v) is 5.50. The largest absolute Gasteiger partial charge is 0.307 e. The second-order valence-corrected chi connectivity index (χ2v) is 7.59. The second kappa shape index (κ2) is 5.67. The van der Waals surface area contributed by atoms with E-state index < -0.39 is 10.0 Å². The van der Waals surface area contributed by atoms with Crippen LogP contribution in [0.15, 0.2) is 23.2 Å². The van der Waals surface area contributed by atoms with Gasteiger partial charge in [-0.05, 0) is 30.4 Å². The number of nitrogen functional groups attached to an aromatic ring is 1. The number of hydrogen-bond acceptors (Lipinski definition) is 5. The van der Waals surface area contributed by atoms with Crippen LogP contribution in [0.25, 0.3) is 0 Å². The van der Waals surface area contributed by atoms with Gasteiger partial charge in [-0.15, -0.1) is 0 Å². The van der Waals surface area contributed by atoms with Crippen LogP contribution in [0, 0.1) is 5.41 Å². The third kappa shape index (κ3) is 3.11. The van der Waals surface area contributed by atoms with E-state index >= 15 is 0 Å². The van der Waals surface area contributed by atoms with Crippen molar-refractivity contribution in [3.63, 3.8) is 0 Å². The fourth-order valence-electron chi connectivity index (χ4n) is 2.68. The first-order valence-electron chi connectivity index (χ1n) is 6.81. The number of pyridine rings is 1. The molecule has 7 heteroatoms. The minimum atomic E-state index is -3.63. The summed E-state index contributed by atoms with van der Waals surface area (Å²) >= 11 is 0. The van der Waals surface area contributed by atoms with Crippen LogP contribution in [0.4, 0.5) is 5.82 Å². The predicted molar refractivity (Wildman–Crippen MR) is 78.4 cm³/mol. The first-order chi connectivity index (χ1) is 9.37. The quantitative estimate of drug-likeness (QED) is 0.579. The minimum absolute atomic E-state index is 0.0379. The molecule has 0 spiro atoms. The molecule has 1 saturated carbocycles. The highest BCUT2D eigenvalue weighted by Crippen LogP contribution is 2.36. The van der Waals surface area contributed by atoms with Gasteiger partial charge < -0.3 is 5.43 Å². The normalized spacial score (nSPS) is 22.4. The zero-order valence-corrected chi connectivity index (χ0v) is 12.7. The fraction of sp³-hybridized carbons (Fsp3) is 0.615. The van der Waals surface area contributed by atoms with Gasteiger partial charge in [0, 0.05) is 12.2 Å². The Kier molecular flexibility index (Phi) is 4.31. The molecule has 1 aromatic rings. The summed E-state index contributed by atoms with van der Waals surface area (Å²) in [5, 5.41) is 0. The summed E-state index contributed by atoms with van der Waals surface area (Å²) in [7, 11) is -3.63. The van der Waals surface area contributed by atoms with Gasteiger partial charge in [-0.25, -0.2) is 24.0 Å². The van der Waals surface area contributed by atoms with Crippen LogP contribution in [0.1, 0.15) is 39.5 Å². The Morgan fingerprint density at radius 1 is 1.40 bits per heavy atom.